The van der Waals surface area contributed by atoms with Crippen molar-refractivity contribution in [1.29, 1.82) is 0 Å². The molecule has 0 saturated heterocycles. The Kier molecular flexibility index (Phi) is 7.33. The maximum Gasteiger partial charge on any atom is 0.0178 e. The number of rotatable bonds is 3. The van der Waals surface area contributed by atoms with Gasteiger partial charge in [0.1, 0.15) is 0 Å². The Labute approximate surface area is 209 Å². The molecule has 0 aromatic heterocycles. The second kappa shape index (κ2) is 10.2. The molecule has 5 rings (SSSR count). The third kappa shape index (κ3) is 5.24. The molecule has 0 nitrogen and oxygen atoms in total. The van der Waals surface area contributed by atoms with Gasteiger partial charge in [0.05, 0.1) is 0 Å². The van der Waals surface area contributed by atoms with Gasteiger partial charge in [-0.2, -0.15) is 0 Å². The van der Waals surface area contributed by atoms with Crippen LogP contribution in [-0.4, -0.2) is 0 Å². The van der Waals surface area contributed by atoms with Crippen molar-refractivity contribution in [2.24, 2.45) is 0 Å². The predicted octanol–water partition coefficient (Wildman–Crippen LogP) is 9.43. The summed E-state index contributed by atoms with van der Waals surface area (Å²) in [6.07, 6.45) is 2.18. The predicted molar refractivity (Wildman–Crippen MR) is 145 cm³/mol. The van der Waals surface area contributed by atoms with Crippen LogP contribution in [0.3, 0.4) is 0 Å². The fourth-order valence-corrected chi connectivity index (χ4v) is 5.42. The van der Waals surface area contributed by atoms with Crippen LogP contribution in [0.1, 0.15) is 46.2 Å². The minimum Gasteiger partial charge on any atom is -0.0622 e. The van der Waals surface area contributed by atoms with Crippen LogP contribution < -0.4 is 0 Å². The normalized spacial score (nSPS) is 12.0. The van der Waals surface area contributed by atoms with Crippen molar-refractivity contribution < 1.29 is 0 Å². The summed E-state index contributed by atoms with van der Waals surface area (Å²) in [6, 6.07) is 30.7. The first-order valence-corrected chi connectivity index (χ1v) is 12.7. The fourth-order valence-electron chi connectivity index (χ4n) is 4.66. The molecule has 0 spiro atoms. The molecule has 4 aromatic carbocycles. The summed E-state index contributed by atoms with van der Waals surface area (Å²) in [4.78, 5) is 0. The zero-order valence-electron chi connectivity index (χ0n) is 18.8. The second-order valence-corrected chi connectivity index (χ2v) is 10.4. The average Bonchev–Trinajstić information content (AvgIpc) is 3.06. The Morgan fingerprint density at radius 2 is 1.16 bits per heavy atom. The topological polar surface area (TPSA) is 0 Å². The first-order valence-electron chi connectivity index (χ1n) is 11.1. The standard InChI is InChI=1S/C22H18Br2.C8H10/c1-13-7-14(2)9-15(8-13)10-20-21-11-16(23)3-5-18(21)19-6-4-17(24)12-22(19)20;1-2-8-6-4-3-5-7-8/h3-9,11-12,20H,10H2,1-2H3;3-7H,2H2,1H3. The van der Waals surface area contributed by atoms with E-state index in [1.165, 1.54) is 44.5 Å². The fraction of sp³-hybridized carbons (Fsp3) is 0.200. The maximum absolute atomic E-state index is 3.65. The van der Waals surface area contributed by atoms with E-state index < -0.39 is 0 Å². The number of halogens is 2. The van der Waals surface area contributed by atoms with Crippen molar-refractivity contribution in [1.82, 2.24) is 0 Å². The van der Waals surface area contributed by atoms with E-state index in [0.29, 0.717) is 5.92 Å². The summed E-state index contributed by atoms with van der Waals surface area (Å²) >= 11 is 7.30. The van der Waals surface area contributed by atoms with Crippen molar-refractivity contribution >= 4 is 31.9 Å². The Bertz CT molecular complexity index is 1150. The van der Waals surface area contributed by atoms with E-state index in [1.807, 2.05) is 6.07 Å². The van der Waals surface area contributed by atoms with Crippen LogP contribution in [0.25, 0.3) is 11.1 Å². The van der Waals surface area contributed by atoms with E-state index in [9.17, 15) is 0 Å². The minimum atomic E-state index is 0.409. The summed E-state index contributed by atoms with van der Waals surface area (Å²) in [5.41, 5.74) is 11.1. The first kappa shape index (κ1) is 23.0. The van der Waals surface area contributed by atoms with Gasteiger partial charge in [0.25, 0.3) is 0 Å². The highest BCUT2D eigenvalue weighted by molar-refractivity contribution is 9.10. The van der Waals surface area contributed by atoms with E-state index >= 15 is 0 Å². The molecule has 0 N–H and O–H groups in total. The maximum atomic E-state index is 3.65. The Morgan fingerprint density at radius 1 is 0.625 bits per heavy atom. The molecule has 1 aliphatic carbocycles. The molecule has 0 atom stereocenters. The number of aryl methyl sites for hydroxylation is 3. The molecule has 0 heterocycles. The minimum absolute atomic E-state index is 0.409. The summed E-state index contributed by atoms with van der Waals surface area (Å²) in [6.45, 7) is 6.52. The molecule has 0 unspecified atom stereocenters. The lowest BCUT2D eigenvalue weighted by molar-refractivity contribution is 0.824. The zero-order valence-corrected chi connectivity index (χ0v) is 22.0. The lowest BCUT2D eigenvalue weighted by Gasteiger charge is -2.15. The van der Waals surface area contributed by atoms with E-state index in [-0.39, 0.29) is 0 Å². The smallest absolute Gasteiger partial charge is 0.0178 e. The van der Waals surface area contributed by atoms with Crippen LogP contribution in [0.2, 0.25) is 0 Å². The average molecular weight is 548 g/mol. The Morgan fingerprint density at radius 3 is 1.62 bits per heavy atom. The van der Waals surface area contributed by atoms with Gasteiger partial charge in [-0.25, -0.2) is 0 Å². The highest BCUT2D eigenvalue weighted by Crippen LogP contribution is 2.47. The van der Waals surface area contributed by atoms with Crippen molar-refractivity contribution in [3.63, 3.8) is 0 Å². The van der Waals surface area contributed by atoms with Crippen molar-refractivity contribution in [2.75, 3.05) is 0 Å². The summed E-state index contributed by atoms with van der Waals surface area (Å²) in [7, 11) is 0. The molecule has 32 heavy (non-hydrogen) atoms. The third-order valence-electron chi connectivity index (χ3n) is 6.04. The highest BCUT2D eigenvalue weighted by Gasteiger charge is 2.29. The van der Waals surface area contributed by atoms with Crippen molar-refractivity contribution in [3.05, 3.63) is 127 Å². The monoisotopic (exact) mass is 546 g/mol. The molecular weight excluding hydrogens is 520 g/mol. The third-order valence-corrected chi connectivity index (χ3v) is 7.03. The van der Waals surface area contributed by atoms with Gasteiger partial charge < -0.3 is 0 Å². The molecule has 0 radical (unpaired) electrons. The van der Waals surface area contributed by atoms with Crippen LogP contribution in [0.5, 0.6) is 0 Å². The summed E-state index contributed by atoms with van der Waals surface area (Å²) < 4.78 is 2.30. The molecule has 2 heteroatoms. The Balaban J connectivity index is 0.000000260. The van der Waals surface area contributed by atoms with Crippen molar-refractivity contribution in [2.45, 2.75) is 39.5 Å². The number of fused-ring (bicyclic) bond motifs is 3. The lowest BCUT2D eigenvalue weighted by atomic mass is 9.89. The molecule has 0 bridgehead atoms. The van der Waals surface area contributed by atoms with Gasteiger partial charge >= 0.3 is 0 Å². The van der Waals surface area contributed by atoms with Crippen LogP contribution in [0.15, 0.2) is 93.9 Å². The van der Waals surface area contributed by atoms with Crippen molar-refractivity contribution in [3.8, 4) is 11.1 Å². The van der Waals surface area contributed by atoms with Gasteiger partial charge in [0.2, 0.25) is 0 Å². The Hall–Kier alpha value is -2.16. The molecule has 0 saturated carbocycles. The van der Waals surface area contributed by atoms with Gasteiger partial charge in [-0.15, -0.1) is 0 Å². The SMILES string of the molecule is CCc1ccccc1.Cc1cc(C)cc(CC2c3cc(Br)ccc3-c3ccc(Br)cc32)c1. The largest absolute Gasteiger partial charge is 0.0622 e. The van der Waals surface area contributed by atoms with Crippen LogP contribution in [0, 0.1) is 13.8 Å². The van der Waals surface area contributed by atoms with Gasteiger partial charge in [-0.05, 0) is 84.3 Å². The molecule has 0 amide bonds. The van der Waals surface area contributed by atoms with Crippen LogP contribution in [-0.2, 0) is 12.8 Å². The van der Waals surface area contributed by atoms with E-state index in [4.69, 9.17) is 0 Å². The van der Waals surface area contributed by atoms with Gasteiger partial charge in [-0.1, -0.05) is 111 Å². The molecular formula is C30H28Br2. The number of hydrogen-bond donors (Lipinski definition) is 0. The first-order chi connectivity index (χ1) is 15.4. The van der Waals surface area contributed by atoms with E-state index in [2.05, 4.69) is 131 Å². The van der Waals surface area contributed by atoms with Gasteiger partial charge in [-0.3, -0.25) is 0 Å². The second-order valence-electron chi connectivity index (χ2n) is 8.55. The molecule has 0 aliphatic heterocycles. The summed E-state index contributed by atoms with van der Waals surface area (Å²) in [5, 5.41) is 0. The molecule has 162 valence electrons. The number of hydrogen-bond acceptors (Lipinski definition) is 0. The molecule has 1 aliphatic rings. The quantitative estimate of drug-likeness (QED) is 0.239. The number of benzene rings is 4. The van der Waals surface area contributed by atoms with Gasteiger partial charge in [0.15, 0.2) is 0 Å². The molecule has 4 aromatic rings. The molecule has 0 fully saturated rings. The highest BCUT2D eigenvalue weighted by atomic mass is 79.9. The summed E-state index contributed by atoms with van der Waals surface area (Å²) in [5.74, 6) is 0.409. The van der Waals surface area contributed by atoms with Crippen LogP contribution in [0.4, 0.5) is 0 Å². The van der Waals surface area contributed by atoms with E-state index in [1.54, 1.807) is 0 Å². The van der Waals surface area contributed by atoms with Gasteiger partial charge in [0, 0.05) is 14.9 Å². The van der Waals surface area contributed by atoms with E-state index in [0.717, 1.165) is 21.8 Å². The lowest BCUT2D eigenvalue weighted by Crippen LogP contribution is -2.02. The van der Waals surface area contributed by atoms with Crippen LogP contribution >= 0.6 is 31.9 Å². The zero-order chi connectivity index (χ0) is 22.7.